The fraction of sp³-hybridized carbons (Fsp3) is 0.167. The second-order valence-corrected chi connectivity index (χ2v) is 7.04. The van der Waals surface area contributed by atoms with Crippen LogP contribution in [0.4, 0.5) is 0 Å². The molecule has 0 radical (unpaired) electrons. The number of aromatic amines is 1. The molecule has 0 fully saturated rings. The van der Waals surface area contributed by atoms with Gasteiger partial charge >= 0.3 is 0 Å². The van der Waals surface area contributed by atoms with E-state index in [0.29, 0.717) is 12.8 Å². The van der Waals surface area contributed by atoms with Crippen LogP contribution in [0.2, 0.25) is 0 Å². The van der Waals surface area contributed by atoms with Crippen molar-refractivity contribution in [2.24, 2.45) is 0 Å². The molecular weight excluding hydrogens is 346 g/mol. The zero-order valence-corrected chi connectivity index (χ0v) is 15.9. The Bertz CT molecular complexity index is 1070. The van der Waals surface area contributed by atoms with Gasteiger partial charge in [0.25, 0.3) is 0 Å². The Balaban J connectivity index is 1.57. The van der Waals surface area contributed by atoms with E-state index < -0.39 is 0 Å². The maximum absolute atomic E-state index is 12.7. The predicted octanol–water partition coefficient (Wildman–Crippen LogP) is 4.71. The van der Waals surface area contributed by atoms with Crippen LogP contribution in [0.5, 0.6) is 0 Å². The van der Waals surface area contributed by atoms with Gasteiger partial charge in [-0.3, -0.25) is 4.79 Å². The number of nitrogens with zero attached hydrogens (tertiary/aromatic N) is 1. The first-order valence-corrected chi connectivity index (χ1v) is 9.53. The van der Waals surface area contributed by atoms with Crippen molar-refractivity contribution in [3.63, 3.8) is 0 Å². The van der Waals surface area contributed by atoms with Crippen LogP contribution >= 0.6 is 0 Å². The number of hydrogen-bond acceptors (Lipinski definition) is 2. The minimum Gasteiger partial charge on any atom is -0.342 e. The number of benzene rings is 3. The lowest BCUT2D eigenvalue weighted by molar-refractivity contribution is -0.121. The fourth-order valence-corrected chi connectivity index (χ4v) is 3.37. The molecule has 0 aliphatic rings. The molecule has 140 valence electrons. The quantitative estimate of drug-likeness (QED) is 0.517. The maximum Gasteiger partial charge on any atom is 0.221 e. The Morgan fingerprint density at radius 3 is 2.46 bits per heavy atom. The lowest BCUT2D eigenvalue weighted by Crippen LogP contribution is -2.30. The lowest BCUT2D eigenvalue weighted by atomic mass is 10.1. The normalized spacial score (nSPS) is 12.0. The summed E-state index contributed by atoms with van der Waals surface area (Å²) in [6, 6.07) is 25.8. The number of carbonyl (C=O) groups is 1. The third-order valence-corrected chi connectivity index (χ3v) is 4.85. The van der Waals surface area contributed by atoms with Gasteiger partial charge < -0.3 is 10.3 Å². The van der Waals surface area contributed by atoms with Gasteiger partial charge in [0.15, 0.2) is 0 Å². The first-order chi connectivity index (χ1) is 13.7. The molecule has 4 heteroatoms. The molecular formula is C24H23N3O. The first-order valence-electron chi connectivity index (χ1n) is 9.53. The number of aryl methyl sites for hydroxylation is 2. The van der Waals surface area contributed by atoms with Crippen molar-refractivity contribution in [2.45, 2.75) is 25.8 Å². The van der Waals surface area contributed by atoms with Crippen LogP contribution in [0.25, 0.3) is 11.0 Å². The Labute approximate surface area is 164 Å². The zero-order valence-electron chi connectivity index (χ0n) is 15.9. The lowest BCUT2D eigenvalue weighted by Gasteiger charge is -2.17. The molecule has 0 saturated heterocycles. The van der Waals surface area contributed by atoms with Crippen molar-refractivity contribution >= 4 is 16.9 Å². The van der Waals surface area contributed by atoms with E-state index in [2.05, 4.69) is 23.3 Å². The van der Waals surface area contributed by atoms with Crippen LogP contribution in [0.3, 0.4) is 0 Å². The minimum atomic E-state index is -0.308. The summed E-state index contributed by atoms with van der Waals surface area (Å²) in [6.07, 6.45) is 1.15. The fourth-order valence-electron chi connectivity index (χ4n) is 3.37. The van der Waals surface area contributed by atoms with Crippen LogP contribution in [0.15, 0.2) is 78.9 Å². The van der Waals surface area contributed by atoms with E-state index in [0.717, 1.165) is 28.0 Å². The molecule has 1 amide bonds. The predicted molar refractivity (Wildman–Crippen MR) is 112 cm³/mol. The number of hydrogen-bond donors (Lipinski definition) is 2. The van der Waals surface area contributed by atoms with E-state index in [1.807, 2.05) is 72.8 Å². The summed E-state index contributed by atoms with van der Waals surface area (Å²) >= 11 is 0. The molecule has 2 N–H and O–H groups in total. The SMILES string of the molecule is Cc1ccc2nc(C(NC(=O)CCc3ccccc3)c3ccccc3)[nH]c2c1. The van der Waals surface area contributed by atoms with E-state index in [4.69, 9.17) is 4.98 Å². The van der Waals surface area contributed by atoms with E-state index in [9.17, 15) is 4.79 Å². The summed E-state index contributed by atoms with van der Waals surface area (Å²) in [5.74, 6) is 0.759. The second kappa shape index (κ2) is 8.09. The largest absolute Gasteiger partial charge is 0.342 e. The van der Waals surface area contributed by atoms with Crippen molar-refractivity contribution in [3.05, 3.63) is 101 Å². The highest BCUT2D eigenvalue weighted by atomic mass is 16.1. The number of nitrogens with one attached hydrogen (secondary N) is 2. The summed E-state index contributed by atoms with van der Waals surface area (Å²) in [5, 5.41) is 3.16. The Morgan fingerprint density at radius 1 is 1.00 bits per heavy atom. The highest BCUT2D eigenvalue weighted by Gasteiger charge is 2.20. The second-order valence-electron chi connectivity index (χ2n) is 7.04. The van der Waals surface area contributed by atoms with Crippen molar-refractivity contribution in [3.8, 4) is 0 Å². The van der Waals surface area contributed by atoms with Crippen molar-refractivity contribution in [1.29, 1.82) is 0 Å². The molecule has 4 nitrogen and oxygen atoms in total. The Hall–Kier alpha value is -3.40. The molecule has 1 aromatic heterocycles. The smallest absolute Gasteiger partial charge is 0.221 e. The summed E-state index contributed by atoms with van der Waals surface area (Å²) in [6.45, 7) is 2.06. The third-order valence-electron chi connectivity index (χ3n) is 4.85. The number of fused-ring (bicyclic) bond motifs is 1. The van der Waals surface area contributed by atoms with Gasteiger partial charge in [-0.05, 0) is 42.2 Å². The van der Waals surface area contributed by atoms with Gasteiger partial charge in [-0.2, -0.15) is 0 Å². The molecule has 0 aliphatic heterocycles. The van der Waals surface area contributed by atoms with Gasteiger partial charge in [-0.25, -0.2) is 4.98 Å². The van der Waals surface area contributed by atoms with Crippen LogP contribution in [-0.4, -0.2) is 15.9 Å². The molecule has 3 aromatic carbocycles. The molecule has 1 unspecified atom stereocenters. The van der Waals surface area contributed by atoms with Gasteiger partial charge in [0.2, 0.25) is 5.91 Å². The van der Waals surface area contributed by atoms with E-state index >= 15 is 0 Å². The number of H-pyrrole nitrogens is 1. The van der Waals surface area contributed by atoms with Gasteiger partial charge in [-0.1, -0.05) is 66.7 Å². The van der Waals surface area contributed by atoms with Crippen molar-refractivity contribution in [1.82, 2.24) is 15.3 Å². The van der Waals surface area contributed by atoms with Gasteiger partial charge in [-0.15, -0.1) is 0 Å². The van der Waals surface area contributed by atoms with E-state index in [-0.39, 0.29) is 11.9 Å². The maximum atomic E-state index is 12.7. The van der Waals surface area contributed by atoms with Crippen molar-refractivity contribution < 1.29 is 4.79 Å². The third kappa shape index (κ3) is 4.12. The number of rotatable bonds is 6. The zero-order chi connectivity index (χ0) is 19.3. The van der Waals surface area contributed by atoms with Gasteiger partial charge in [0.1, 0.15) is 11.9 Å². The molecule has 4 rings (SSSR count). The number of carbonyl (C=O) groups excluding carboxylic acids is 1. The average Bonchev–Trinajstić information content (AvgIpc) is 3.14. The molecule has 28 heavy (non-hydrogen) atoms. The topological polar surface area (TPSA) is 57.8 Å². The Morgan fingerprint density at radius 2 is 1.71 bits per heavy atom. The number of imidazole rings is 1. The van der Waals surface area contributed by atoms with Crippen LogP contribution in [0.1, 0.15) is 35.0 Å². The Kier molecular flexibility index (Phi) is 5.20. The van der Waals surface area contributed by atoms with Crippen molar-refractivity contribution in [2.75, 3.05) is 0 Å². The molecule has 0 aliphatic carbocycles. The molecule has 4 aromatic rings. The number of aromatic nitrogens is 2. The molecule has 0 saturated carbocycles. The molecule has 0 spiro atoms. The summed E-state index contributed by atoms with van der Waals surface area (Å²) in [7, 11) is 0. The monoisotopic (exact) mass is 369 g/mol. The van der Waals surface area contributed by atoms with Crippen LogP contribution < -0.4 is 5.32 Å². The molecule has 1 heterocycles. The minimum absolute atomic E-state index is 0.00865. The van der Waals surface area contributed by atoms with E-state index in [1.54, 1.807) is 0 Å². The molecule has 0 bridgehead atoms. The standard InChI is InChI=1S/C24H23N3O/c1-17-12-14-20-21(16-17)26-24(25-20)23(19-10-6-3-7-11-19)27-22(28)15-13-18-8-4-2-5-9-18/h2-12,14,16,23H,13,15H2,1H3,(H,25,26)(H,27,28). The van der Waals surface area contributed by atoms with Gasteiger partial charge in [0.05, 0.1) is 11.0 Å². The summed E-state index contributed by atoms with van der Waals surface area (Å²) < 4.78 is 0. The number of amides is 1. The van der Waals surface area contributed by atoms with E-state index in [1.165, 1.54) is 5.56 Å². The van der Waals surface area contributed by atoms with Gasteiger partial charge in [0, 0.05) is 6.42 Å². The van der Waals surface area contributed by atoms with Crippen LogP contribution in [0, 0.1) is 6.92 Å². The summed E-state index contributed by atoms with van der Waals surface area (Å²) in [4.78, 5) is 20.8. The first kappa shape index (κ1) is 18.0. The highest BCUT2D eigenvalue weighted by molar-refractivity contribution is 5.78. The average molecular weight is 369 g/mol. The summed E-state index contributed by atoms with van der Waals surface area (Å²) in [5.41, 5.74) is 5.22. The van der Waals surface area contributed by atoms with Crippen LogP contribution in [-0.2, 0) is 11.2 Å². The highest BCUT2D eigenvalue weighted by Crippen LogP contribution is 2.23. The molecule has 1 atom stereocenters.